The lowest BCUT2D eigenvalue weighted by Gasteiger charge is -2.14. The molecule has 0 atom stereocenters. The smallest absolute Gasteiger partial charge is 0.154 e. The molecular weight excluding hydrogens is 258 g/mol. The third-order valence-electron chi connectivity index (χ3n) is 3.01. The molecule has 0 radical (unpaired) electrons. The summed E-state index contributed by atoms with van der Waals surface area (Å²) in [6.07, 6.45) is 0.372. The molecule has 1 aromatic rings. The molecule has 3 nitrogen and oxygen atoms in total. The summed E-state index contributed by atoms with van der Waals surface area (Å²) in [5.41, 5.74) is 2.38. The Balaban J connectivity index is 2.78. The zero-order chi connectivity index (χ0) is 14.7. The maximum atomic E-state index is 12.1. The van der Waals surface area contributed by atoms with E-state index in [4.69, 9.17) is 5.26 Å². The van der Waals surface area contributed by atoms with Gasteiger partial charge in [-0.25, -0.2) is 8.42 Å². The molecule has 0 N–H and O–H groups in total. The predicted octanol–water partition coefficient (Wildman–Crippen LogP) is 3.16. The van der Waals surface area contributed by atoms with Crippen molar-refractivity contribution in [3.63, 3.8) is 0 Å². The van der Waals surface area contributed by atoms with Gasteiger partial charge in [0.15, 0.2) is 9.84 Å². The van der Waals surface area contributed by atoms with Gasteiger partial charge in [-0.1, -0.05) is 29.3 Å². The van der Waals surface area contributed by atoms with E-state index >= 15 is 0 Å². The van der Waals surface area contributed by atoms with Gasteiger partial charge in [0.2, 0.25) is 0 Å². The minimum Gasteiger partial charge on any atom is -0.228 e. The van der Waals surface area contributed by atoms with Crippen molar-refractivity contribution < 1.29 is 8.42 Å². The standard InChI is InChI=1S/C15H21NO2S/c1-12-7-13(2)9-14(8-12)10-19(17,18)6-5-15(3,4)11-16/h7-9H,5-6,10H2,1-4H3. The minimum atomic E-state index is -3.16. The summed E-state index contributed by atoms with van der Waals surface area (Å²) >= 11 is 0. The highest BCUT2D eigenvalue weighted by molar-refractivity contribution is 7.90. The van der Waals surface area contributed by atoms with Crippen LogP contribution in [0.5, 0.6) is 0 Å². The first-order valence-electron chi connectivity index (χ1n) is 6.32. The molecule has 0 unspecified atom stereocenters. The summed E-state index contributed by atoms with van der Waals surface area (Å²) in [5, 5.41) is 8.91. The van der Waals surface area contributed by atoms with Gasteiger partial charge in [-0.3, -0.25) is 0 Å². The van der Waals surface area contributed by atoms with Crippen LogP contribution in [0, 0.1) is 30.6 Å². The molecule has 0 amide bonds. The van der Waals surface area contributed by atoms with Crippen LogP contribution in [0.4, 0.5) is 0 Å². The number of nitriles is 1. The van der Waals surface area contributed by atoms with Crippen LogP contribution in [0.1, 0.15) is 37.0 Å². The third kappa shape index (κ3) is 5.44. The fourth-order valence-corrected chi connectivity index (χ4v) is 3.59. The first kappa shape index (κ1) is 15.7. The Bertz CT molecular complexity index is 575. The molecule has 1 aromatic carbocycles. The van der Waals surface area contributed by atoms with Gasteiger partial charge in [0.1, 0.15) is 0 Å². The van der Waals surface area contributed by atoms with E-state index in [1.165, 1.54) is 0 Å². The number of rotatable bonds is 5. The SMILES string of the molecule is Cc1cc(C)cc(CS(=O)(=O)CCC(C)(C)C#N)c1. The summed E-state index contributed by atoms with van der Waals surface area (Å²) < 4.78 is 24.2. The van der Waals surface area contributed by atoms with E-state index in [0.29, 0.717) is 6.42 Å². The topological polar surface area (TPSA) is 57.9 Å². The molecule has 0 aromatic heterocycles. The van der Waals surface area contributed by atoms with Gasteiger partial charge in [-0.15, -0.1) is 0 Å². The van der Waals surface area contributed by atoms with Gasteiger partial charge in [-0.05, 0) is 39.7 Å². The molecular formula is C15H21NO2S. The van der Waals surface area contributed by atoms with Crippen molar-refractivity contribution in [3.05, 3.63) is 34.9 Å². The summed E-state index contributed by atoms with van der Waals surface area (Å²) in [6.45, 7) is 7.45. The molecule has 0 aliphatic heterocycles. The molecule has 0 fully saturated rings. The van der Waals surface area contributed by atoms with Crippen molar-refractivity contribution in [3.8, 4) is 6.07 Å². The Morgan fingerprint density at radius 1 is 1.16 bits per heavy atom. The largest absolute Gasteiger partial charge is 0.228 e. The zero-order valence-electron chi connectivity index (χ0n) is 12.0. The van der Waals surface area contributed by atoms with Gasteiger partial charge in [-0.2, -0.15) is 5.26 Å². The van der Waals surface area contributed by atoms with Gasteiger partial charge in [0.25, 0.3) is 0 Å². The van der Waals surface area contributed by atoms with Crippen LogP contribution >= 0.6 is 0 Å². The Kier molecular flexibility index (Phi) is 4.75. The van der Waals surface area contributed by atoms with Crippen molar-refractivity contribution in [2.24, 2.45) is 5.41 Å². The van der Waals surface area contributed by atoms with Crippen LogP contribution in [0.25, 0.3) is 0 Å². The van der Waals surface area contributed by atoms with Crippen molar-refractivity contribution in [1.82, 2.24) is 0 Å². The molecule has 0 saturated carbocycles. The van der Waals surface area contributed by atoms with Crippen molar-refractivity contribution in [2.45, 2.75) is 39.9 Å². The highest BCUT2D eigenvalue weighted by Crippen LogP contribution is 2.21. The average Bonchev–Trinajstić information content (AvgIpc) is 2.25. The molecule has 104 valence electrons. The summed E-state index contributed by atoms with van der Waals surface area (Å²) in [5.74, 6) is 0.109. The number of sulfone groups is 1. The zero-order valence-corrected chi connectivity index (χ0v) is 12.8. The molecule has 0 aliphatic carbocycles. The van der Waals surface area contributed by atoms with E-state index in [9.17, 15) is 8.42 Å². The van der Waals surface area contributed by atoms with Crippen LogP contribution in [-0.2, 0) is 15.6 Å². The normalized spacial score (nSPS) is 12.2. The van der Waals surface area contributed by atoms with Crippen LogP contribution in [-0.4, -0.2) is 14.2 Å². The quantitative estimate of drug-likeness (QED) is 0.832. The highest BCUT2D eigenvalue weighted by Gasteiger charge is 2.21. The third-order valence-corrected chi connectivity index (χ3v) is 4.61. The number of benzene rings is 1. The molecule has 0 saturated heterocycles. The minimum absolute atomic E-state index is 0.0526. The summed E-state index contributed by atoms with van der Waals surface area (Å²) in [4.78, 5) is 0. The fourth-order valence-electron chi connectivity index (χ4n) is 1.94. The molecule has 0 spiro atoms. The molecule has 4 heteroatoms. The second-order valence-electron chi connectivity index (χ2n) is 5.83. The number of aryl methyl sites for hydroxylation is 2. The second-order valence-corrected chi connectivity index (χ2v) is 8.02. The van der Waals surface area contributed by atoms with Crippen LogP contribution in [0.2, 0.25) is 0 Å². The first-order chi connectivity index (χ1) is 8.63. The molecule has 1 rings (SSSR count). The van der Waals surface area contributed by atoms with E-state index in [1.807, 2.05) is 32.0 Å². The summed E-state index contributed by atoms with van der Waals surface area (Å²) in [7, 11) is -3.16. The lowest BCUT2D eigenvalue weighted by Crippen LogP contribution is -2.17. The Hall–Kier alpha value is -1.34. The van der Waals surface area contributed by atoms with Crippen molar-refractivity contribution >= 4 is 9.84 Å². The van der Waals surface area contributed by atoms with E-state index < -0.39 is 15.3 Å². The van der Waals surface area contributed by atoms with Gasteiger partial charge in [0, 0.05) is 0 Å². The lowest BCUT2D eigenvalue weighted by atomic mass is 9.93. The van der Waals surface area contributed by atoms with Gasteiger partial charge < -0.3 is 0 Å². The Labute approximate surface area is 116 Å². The van der Waals surface area contributed by atoms with Crippen molar-refractivity contribution in [2.75, 3.05) is 5.75 Å². The maximum absolute atomic E-state index is 12.1. The second kappa shape index (κ2) is 5.75. The summed E-state index contributed by atoms with van der Waals surface area (Å²) in [6, 6.07) is 7.96. The number of nitrogens with zero attached hydrogens (tertiary/aromatic N) is 1. The van der Waals surface area contributed by atoms with E-state index in [-0.39, 0.29) is 11.5 Å². The van der Waals surface area contributed by atoms with Gasteiger partial charge in [0.05, 0.1) is 23.0 Å². The molecule has 0 aliphatic rings. The Morgan fingerprint density at radius 3 is 2.16 bits per heavy atom. The first-order valence-corrected chi connectivity index (χ1v) is 8.14. The van der Waals surface area contributed by atoms with E-state index in [0.717, 1.165) is 16.7 Å². The lowest BCUT2D eigenvalue weighted by molar-refractivity contribution is 0.473. The Morgan fingerprint density at radius 2 is 1.68 bits per heavy atom. The maximum Gasteiger partial charge on any atom is 0.154 e. The molecule has 0 bridgehead atoms. The van der Waals surface area contributed by atoms with Gasteiger partial charge >= 0.3 is 0 Å². The molecule has 19 heavy (non-hydrogen) atoms. The van der Waals surface area contributed by atoms with E-state index in [1.54, 1.807) is 13.8 Å². The van der Waals surface area contributed by atoms with Crippen LogP contribution < -0.4 is 0 Å². The van der Waals surface area contributed by atoms with Crippen LogP contribution in [0.15, 0.2) is 18.2 Å². The van der Waals surface area contributed by atoms with Crippen LogP contribution in [0.3, 0.4) is 0 Å². The fraction of sp³-hybridized carbons (Fsp3) is 0.533. The monoisotopic (exact) mass is 279 g/mol. The van der Waals surface area contributed by atoms with Crippen molar-refractivity contribution in [1.29, 1.82) is 5.26 Å². The van der Waals surface area contributed by atoms with E-state index in [2.05, 4.69) is 6.07 Å². The number of hydrogen-bond acceptors (Lipinski definition) is 3. The highest BCUT2D eigenvalue weighted by atomic mass is 32.2. The molecule has 0 heterocycles. The predicted molar refractivity (Wildman–Crippen MR) is 77.4 cm³/mol. The number of hydrogen-bond donors (Lipinski definition) is 0. The average molecular weight is 279 g/mol.